The summed E-state index contributed by atoms with van der Waals surface area (Å²) in [6.45, 7) is 0.955. The standard InChI is InChI=1S/C9H12N2O6/c1-5-2-8(11-17-5)16-4-7(13)10-3-6(12)9(14)15/h2,6,12H,3-4H2,1H3,(H,10,13)(H,14,15). The number of carboxylic acid groups (broad SMARTS) is 1. The lowest BCUT2D eigenvalue weighted by molar-refractivity contribution is -0.146. The Balaban J connectivity index is 2.24. The van der Waals surface area contributed by atoms with Crippen molar-refractivity contribution in [2.24, 2.45) is 0 Å². The summed E-state index contributed by atoms with van der Waals surface area (Å²) in [4.78, 5) is 21.4. The van der Waals surface area contributed by atoms with Gasteiger partial charge in [-0.25, -0.2) is 4.79 Å². The molecule has 0 radical (unpaired) electrons. The predicted molar refractivity (Wildman–Crippen MR) is 53.4 cm³/mol. The first-order valence-electron chi connectivity index (χ1n) is 4.72. The second-order valence-corrected chi connectivity index (χ2v) is 3.22. The van der Waals surface area contributed by atoms with Gasteiger partial charge in [0.25, 0.3) is 11.8 Å². The van der Waals surface area contributed by atoms with Crippen molar-refractivity contribution in [3.8, 4) is 5.88 Å². The molecule has 0 saturated heterocycles. The Morgan fingerprint density at radius 2 is 2.35 bits per heavy atom. The number of aliphatic hydroxyl groups excluding tert-OH is 1. The van der Waals surface area contributed by atoms with E-state index in [2.05, 4.69) is 10.5 Å². The van der Waals surface area contributed by atoms with Crippen molar-refractivity contribution in [1.29, 1.82) is 0 Å². The molecule has 1 aromatic heterocycles. The normalized spacial score (nSPS) is 11.9. The summed E-state index contributed by atoms with van der Waals surface area (Å²) in [5.74, 6) is -1.26. The monoisotopic (exact) mass is 244 g/mol. The molecule has 94 valence electrons. The number of carbonyl (C=O) groups excluding carboxylic acids is 1. The third kappa shape index (κ3) is 4.51. The molecule has 17 heavy (non-hydrogen) atoms. The number of carbonyl (C=O) groups is 2. The number of hydrogen-bond acceptors (Lipinski definition) is 6. The zero-order valence-electron chi connectivity index (χ0n) is 9.04. The number of rotatable bonds is 6. The van der Waals surface area contributed by atoms with Crippen LogP contribution in [-0.2, 0) is 9.59 Å². The van der Waals surface area contributed by atoms with Crippen molar-refractivity contribution < 1.29 is 29.1 Å². The van der Waals surface area contributed by atoms with E-state index in [9.17, 15) is 9.59 Å². The van der Waals surface area contributed by atoms with Gasteiger partial charge >= 0.3 is 5.97 Å². The quantitative estimate of drug-likeness (QED) is 0.582. The molecular formula is C9H12N2O6. The molecule has 8 nitrogen and oxygen atoms in total. The van der Waals surface area contributed by atoms with E-state index in [0.29, 0.717) is 5.76 Å². The molecule has 0 spiro atoms. The van der Waals surface area contributed by atoms with E-state index in [-0.39, 0.29) is 19.0 Å². The molecule has 1 amide bonds. The Kier molecular flexibility index (Phi) is 4.46. The summed E-state index contributed by atoms with van der Waals surface area (Å²) in [5.41, 5.74) is 0. The summed E-state index contributed by atoms with van der Waals surface area (Å²) < 4.78 is 9.64. The number of aliphatic carboxylic acids is 1. The lowest BCUT2D eigenvalue weighted by Crippen LogP contribution is -2.38. The van der Waals surface area contributed by atoms with E-state index in [4.69, 9.17) is 19.5 Å². The van der Waals surface area contributed by atoms with Gasteiger partial charge in [-0.15, -0.1) is 0 Å². The van der Waals surface area contributed by atoms with Crippen LogP contribution in [0.5, 0.6) is 5.88 Å². The van der Waals surface area contributed by atoms with Crippen LogP contribution in [0.1, 0.15) is 5.76 Å². The lowest BCUT2D eigenvalue weighted by Gasteiger charge is -2.07. The van der Waals surface area contributed by atoms with E-state index in [1.54, 1.807) is 6.92 Å². The first-order chi connectivity index (χ1) is 7.99. The minimum absolute atomic E-state index is 0.163. The summed E-state index contributed by atoms with van der Waals surface area (Å²) >= 11 is 0. The number of nitrogens with zero attached hydrogens (tertiary/aromatic N) is 1. The number of amides is 1. The molecule has 0 saturated carbocycles. The maximum absolute atomic E-state index is 11.2. The van der Waals surface area contributed by atoms with Crippen LogP contribution in [0.3, 0.4) is 0 Å². The number of nitrogens with one attached hydrogen (secondary N) is 1. The predicted octanol–water partition coefficient (Wildman–Crippen LogP) is -1.08. The lowest BCUT2D eigenvalue weighted by atomic mass is 10.3. The fourth-order valence-electron chi connectivity index (χ4n) is 0.900. The Hall–Kier alpha value is -2.09. The van der Waals surface area contributed by atoms with Crippen LogP contribution < -0.4 is 10.1 Å². The zero-order chi connectivity index (χ0) is 12.8. The third-order valence-electron chi connectivity index (χ3n) is 1.74. The molecule has 0 bridgehead atoms. The van der Waals surface area contributed by atoms with Gasteiger partial charge in [0.05, 0.1) is 6.54 Å². The highest BCUT2D eigenvalue weighted by atomic mass is 16.5. The molecule has 3 N–H and O–H groups in total. The molecule has 8 heteroatoms. The van der Waals surface area contributed by atoms with Gasteiger partial charge in [-0.05, 0) is 12.1 Å². The fourth-order valence-corrected chi connectivity index (χ4v) is 0.900. The van der Waals surface area contributed by atoms with Gasteiger partial charge in [0.1, 0.15) is 5.76 Å². The van der Waals surface area contributed by atoms with Gasteiger partial charge in [-0.1, -0.05) is 0 Å². The molecule has 0 fully saturated rings. The molecule has 1 heterocycles. The van der Waals surface area contributed by atoms with Gasteiger partial charge in [-0.2, -0.15) is 0 Å². The summed E-state index contributed by atoms with van der Waals surface area (Å²) in [7, 11) is 0. The SMILES string of the molecule is Cc1cc(OCC(=O)NCC(O)C(=O)O)no1. The van der Waals surface area contributed by atoms with Gasteiger partial charge < -0.3 is 24.8 Å². The van der Waals surface area contributed by atoms with Gasteiger partial charge in [0.15, 0.2) is 12.7 Å². The maximum Gasteiger partial charge on any atom is 0.334 e. The van der Waals surface area contributed by atoms with Crippen molar-refractivity contribution in [1.82, 2.24) is 10.5 Å². The van der Waals surface area contributed by atoms with Crippen molar-refractivity contribution in [2.75, 3.05) is 13.2 Å². The van der Waals surface area contributed by atoms with Gasteiger partial charge in [0.2, 0.25) is 0 Å². The number of ether oxygens (including phenoxy) is 1. The van der Waals surface area contributed by atoms with E-state index in [0.717, 1.165) is 0 Å². The van der Waals surface area contributed by atoms with Gasteiger partial charge in [0, 0.05) is 6.07 Å². The maximum atomic E-state index is 11.2. The Bertz CT molecular complexity index is 402. The van der Waals surface area contributed by atoms with Crippen LogP contribution in [0.25, 0.3) is 0 Å². The average molecular weight is 244 g/mol. The Morgan fingerprint density at radius 1 is 1.65 bits per heavy atom. The molecule has 0 aromatic carbocycles. The van der Waals surface area contributed by atoms with Crippen LogP contribution in [0, 0.1) is 6.92 Å². The van der Waals surface area contributed by atoms with E-state index in [1.165, 1.54) is 6.07 Å². The Morgan fingerprint density at radius 3 is 2.88 bits per heavy atom. The van der Waals surface area contributed by atoms with Crippen LogP contribution >= 0.6 is 0 Å². The molecule has 0 aliphatic carbocycles. The van der Waals surface area contributed by atoms with Gasteiger partial charge in [-0.3, -0.25) is 4.79 Å². The number of hydrogen-bond donors (Lipinski definition) is 3. The fraction of sp³-hybridized carbons (Fsp3) is 0.444. The minimum atomic E-state index is -1.63. The van der Waals surface area contributed by atoms with Crippen molar-refractivity contribution in [3.63, 3.8) is 0 Å². The minimum Gasteiger partial charge on any atom is -0.479 e. The Labute approximate surface area is 96.2 Å². The summed E-state index contributed by atoms with van der Waals surface area (Å²) in [6.07, 6.45) is -1.63. The van der Waals surface area contributed by atoms with Crippen LogP contribution in [0.15, 0.2) is 10.6 Å². The number of carboxylic acids is 1. The first-order valence-corrected chi connectivity index (χ1v) is 4.72. The van der Waals surface area contributed by atoms with Crippen LogP contribution in [-0.4, -0.2) is 46.5 Å². The zero-order valence-corrected chi connectivity index (χ0v) is 9.04. The highest BCUT2D eigenvalue weighted by Gasteiger charge is 2.14. The molecule has 0 aliphatic rings. The summed E-state index contributed by atoms with van der Waals surface area (Å²) in [6, 6.07) is 1.50. The smallest absolute Gasteiger partial charge is 0.334 e. The number of aryl methyl sites for hydroxylation is 1. The number of aromatic nitrogens is 1. The third-order valence-corrected chi connectivity index (χ3v) is 1.74. The molecule has 1 rings (SSSR count). The van der Waals surface area contributed by atoms with E-state index >= 15 is 0 Å². The highest BCUT2D eigenvalue weighted by Crippen LogP contribution is 2.09. The second-order valence-electron chi connectivity index (χ2n) is 3.22. The average Bonchev–Trinajstić information content (AvgIpc) is 2.69. The van der Waals surface area contributed by atoms with Crippen molar-refractivity contribution in [3.05, 3.63) is 11.8 Å². The first kappa shape index (κ1) is 13.0. The van der Waals surface area contributed by atoms with E-state index < -0.39 is 18.0 Å². The topological polar surface area (TPSA) is 122 Å². The molecular weight excluding hydrogens is 232 g/mol. The molecule has 1 unspecified atom stereocenters. The number of aliphatic hydroxyl groups is 1. The van der Waals surface area contributed by atoms with Crippen molar-refractivity contribution in [2.45, 2.75) is 13.0 Å². The largest absolute Gasteiger partial charge is 0.479 e. The second kappa shape index (κ2) is 5.85. The van der Waals surface area contributed by atoms with Crippen molar-refractivity contribution >= 4 is 11.9 Å². The molecule has 1 aromatic rings. The summed E-state index contributed by atoms with van der Waals surface area (Å²) in [5, 5.41) is 22.9. The molecule has 1 atom stereocenters. The van der Waals surface area contributed by atoms with Crippen LogP contribution in [0.2, 0.25) is 0 Å². The van der Waals surface area contributed by atoms with E-state index in [1.807, 2.05) is 0 Å². The molecule has 0 aliphatic heterocycles. The highest BCUT2D eigenvalue weighted by molar-refractivity contribution is 5.79. The van der Waals surface area contributed by atoms with Crippen LogP contribution in [0.4, 0.5) is 0 Å².